The Morgan fingerprint density at radius 2 is 1.95 bits per heavy atom. The Morgan fingerprint density at radius 1 is 1.29 bits per heavy atom. The van der Waals surface area contributed by atoms with Crippen molar-refractivity contribution in [3.8, 4) is 12.3 Å². The van der Waals surface area contributed by atoms with Gasteiger partial charge in [0.25, 0.3) is 0 Å². The molecule has 4 nitrogen and oxygen atoms in total. The first-order chi connectivity index (χ1) is 10.1. The molecule has 1 unspecified atom stereocenters. The number of nitrogens with zero attached hydrogens (tertiary/aromatic N) is 2. The lowest BCUT2D eigenvalue weighted by atomic mass is 10.0. The van der Waals surface area contributed by atoms with Crippen LogP contribution in [0.2, 0.25) is 0 Å². The molecule has 0 saturated heterocycles. The molecule has 0 amide bonds. The van der Waals surface area contributed by atoms with E-state index in [1.807, 2.05) is 6.92 Å². The first-order valence-corrected chi connectivity index (χ1v) is 7.27. The first kappa shape index (κ1) is 17.1. The van der Waals surface area contributed by atoms with Crippen molar-refractivity contribution in [2.45, 2.75) is 19.9 Å². The number of nitrogens with one attached hydrogen (secondary N) is 2. The summed E-state index contributed by atoms with van der Waals surface area (Å²) in [5.41, 5.74) is 2.53. The molecule has 2 N–H and O–H groups in total. The van der Waals surface area contributed by atoms with Crippen LogP contribution in [-0.4, -0.2) is 44.6 Å². The van der Waals surface area contributed by atoms with E-state index >= 15 is 0 Å². The van der Waals surface area contributed by atoms with Gasteiger partial charge in [0, 0.05) is 6.54 Å². The molecule has 114 valence electrons. The van der Waals surface area contributed by atoms with E-state index in [0.29, 0.717) is 13.1 Å². The number of rotatable bonds is 6. The molecule has 0 aliphatic rings. The van der Waals surface area contributed by atoms with E-state index in [2.05, 4.69) is 71.7 Å². The van der Waals surface area contributed by atoms with Crippen molar-refractivity contribution in [1.29, 1.82) is 0 Å². The summed E-state index contributed by atoms with van der Waals surface area (Å²) in [4.78, 5) is 6.81. The number of benzene rings is 1. The molecule has 4 heteroatoms. The van der Waals surface area contributed by atoms with E-state index in [0.717, 1.165) is 12.5 Å². The number of hydrogen-bond acceptors (Lipinski definition) is 2. The van der Waals surface area contributed by atoms with Gasteiger partial charge in [-0.2, -0.15) is 0 Å². The number of guanidine groups is 1. The van der Waals surface area contributed by atoms with Crippen molar-refractivity contribution in [1.82, 2.24) is 15.5 Å². The molecule has 0 fully saturated rings. The van der Waals surface area contributed by atoms with Gasteiger partial charge in [0.2, 0.25) is 0 Å². The van der Waals surface area contributed by atoms with Crippen LogP contribution in [0.1, 0.15) is 24.1 Å². The standard InChI is InChI=1S/C17H26N4/c1-6-12-19-17(18-7-2)20-13-16(21(4)5)15-10-8-14(3)9-11-15/h1,8-11,16H,7,12-13H2,2-5H3,(H2,18,19,20). The summed E-state index contributed by atoms with van der Waals surface area (Å²) in [5, 5.41) is 6.31. The van der Waals surface area contributed by atoms with Gasteiger partial charge in [-0.15, -0.1) is 6.42 Å². The normalized spacial score (nSPS) is 12.9. The molecular formula is C17H26N4. The van der Waals surface area contributed by atoms with Gasteiger partial charge in [-0.05, 0) is 33.5 Å². The van der Waals surface area contributed by atoms with Gasteiger partial charge in [0.05, 0.1) is 19.1 Å². The van der Waals surface area contributed by atoms with Crippen molar-refractivity contribution in [3.63, 3.8) is 0 Å². The summed E-state index contributed by atoms with van der Waals surface area (Å²) < 4.78 is 0. The lowest BCUT2D eigenvalue weighted by Gasteiger charge is -2.23. The fourth-order valence-electron chi connectivity index (χ4n) is 2.01. The van der Waals surface area contributed by atoms with Crippen LogP contribution in [-0.2, 0) is 0 Å². The number of likely N-dealkylation sites (N-methyl/N-ethyl adjacent to an activating group) is 1. The Bertz CT molecular complexity index is 483. The second-order valence-electron chi connectivity index (χ2n) is 5.17. The van der Waals surface area contributed by atoms with Gasteiger partial charge in [-0.25, -0.2) is 0 Å². The minimum absolute atomic E-state index is 0.242. The van der Waals surface area contributed by atoms with Crippen LogP contribution in [0.25, 0.3) is 0 Å². The molecular weight excluding hydrogens is 260 g/mol. The molecule has 1 rings (SSSR count). The van der Waals surface area contributed by atoms with Crippen LogP contribution in [0.3, 0.4) is 0 Å². The third-order valence-electron chi connectivity index (χ3n) is 3.21. The molecule has 1 aromatic carbocycles. The molecule has 21 heavy (non-hydrogen) atoms. The van der Waals surface area contributed by atoms with Gasteiger partial charge in [0.1, 0.15) is 0 Å². The lowest BCUT2D eigenvalue weighted by Crippen LogP contribution is -2.38. The number of aryl methyl sites for hydroxylation is 1. The van der Waals surface area contributed by atoms with E-state index in [-0.39, 0.29) is 6.04 Å². The SMILES string of the molecule is C#CCNC(=NCC(c1ccc(C)cc1)N(C)C)NCC. The smallest absolute Gasteiger partial charge is 0.192 e. The minimum atomic E-state index is 0.242. The first-order valence-electron chi connectivity index (χ1n) is 7.27. The predicted molar refractivity (Wildman–Crippen MR) is 90.4 cm³/mol. The zero-order chi connectivity index (χ0) is 15.7. The topological polar surface area (TPSA) is 39.7 Å². The molecule has 0 bridgehead atoms. The maximum Gasteiger partial charge on any atom is 0.192 e. The second kappa shape index (κ2) is 9.04. The number of hydrogen-bond donors (Lipinski definition) is 2. The highest BCUT2D eigenvalue weighted by molar-refractivity contribution is 5.80. The Kier molecular flexibility index (Phi) is 7.34. The van der Waals surface area contributed by atoms with Gasteiger partial charge < -0.3 is 15.5 Å². The maximum atomic E-state index is 5.28. The Hall–Kier alpha value is -1.99. The molecule has 0 aliphatic heterocycles. The van der Waals surface area contributed by atoms with Gasteiger partial charge in [-0.1, -0.05) is 35.7 Å². The predicted octanol–water partition coefficient (Wildman–Crippen LogP) is 1.79. The Labute approximate surface area is 128 Å². The summed E-state index contributed by atoms with van der Waals surface area (Å²) in [7, 11) is 4.14. The maximum absolute atomic E-state index is 5.28. The summed E-state index contributed by atoms with van der Waals surface area (Å²) in [6, 6.07) is 8.84. The van der Waals surface area contributed by atoms with Crippen LogP contribution in [0.5, 0.6) is 0 Å². The molecule has 0 aromatic heterocycles. The average Bonchev–Trinajstić information content (AvgIpc) is 2.46. The Balaban J connectivity index is 2.81. The van der Waals surface area contributed by atoms with Crippen LogP contribution in [0.4, 0.5) is 0 Å². The van der Waals surface area contributed by atoms with Crippen molar-refractivity contribution < 1.29 is 0 Å². The largest absolute Gasteiger partial charge is 0.357 e. The second-order valence-corrected chi connectivity index (χ2v) is 5.17. The third kappa shape index (κ3) is 5.88. The number of terminal acetylenes is 1. The summed E-state index contributed by atoms with van der Waals surface area (Å²) in [6.07, 6.45) is 5.28. The Morgan fingerprint density at radius 3 is 2.48 bits per heavy atom. The van der Waals surface area contributed by atoms with E-state index in [4.69, 9.17) is 6.42 Å². The third-order valence-corrected chi connectivity index (χ3v) is 3.21. The van der Waals surface area contributed by atoms with Crippen LogP contribution in [0.15, 0.2) is 29.3 Å². The van der Waals surface area contributed by atoms with Gasteiger partial charge in [-0.3, -0.25) is 4.99 Å². The molecule has 1 atom stereocenters. The highest BCUT2D eigenvalue weighted by Gasteiger charge is 2.13. The molecule has 0 saturated carbocycles. The molecule has 0 radical (unpaired) electrons. The fraction of sp³-hybridized carbons (Fsp3) is 0.471. The molecule has 0 heterocycles. The van der Waals surface area contributed by atoms with E-state index in [1.54, 1.807) is 0 Å². The van der Waals surface area contributed by atoms with Crippen molar-refractivity contribution >= 4 is 5.96 Å². The average molecular weight is 286 g/mol. The van der Waals surface area contributed by atoms with Crippen LogP contribution < -0.4 is 10.6 Å². The van der Waals surface area contributed by atoms with Gasteiger partial charge in [0.15, 0.2) is 5.96 Å². The molecule has 1 aromatic rings. The zero-order valence-electron chi connectivity index (χ0n) is 13.5. The van der Waals surface area contributed by atoms with Crippen LogP contribution >= 0.6 is 0 Å². The highest BCUT2D eigenvalue weighted by atomic mass is 15.2. The summed E-state index contributed by atoms with van der Waals surface area (Å²) in [6.45, 7) is 6.10. The number of aliphatic imine (C=N–C) groups is 1. The zero-order valence-corrected chi connectivity index (χ0v) is 13.5. The van der Waals surface area contributed by atoms with Gasteiger partial charge >= 0.3 is 0 Å². The highest BCUT2D eigenvalue weighted by Crippen LogP contribution is 2.19. The monoisotopic (exact) mass is 286 g/mol. The quantitative estimate of drug-likeness (QED) is 0.476. The molecule has 0 spiro atoms. The summed E-state index contributed by atoms with van der Waals surface area (Å²) >= 11 is 0. The van der Waals surface area contributed by atoms with Crippen LogP contribution in [0, 0.1) is 19.3 Å². The molecule has 0 aliphatic carbocycles. The fourth-order valence-corrected chi connectivity index (χ4v) is 2.01. The lowest BCUT2D eigenvalue weighted by molar-refractivity contribution is 0.306. The van der Waals surface area contributed by atoms with E-state index in [1.165, 1.54) is 11.1 Å². The van der Waals surface area contributed by atoms with Crippen molar-refractivity contribution in [3.05, 3.63) is 35.4 Å². The van der Waals surface area contributed by atoms with E-state index in [9.17, 15) is 0 Å². The van der Waals surface area contributed by atoms with Crippen molar-refractivity contribution in [2.24, 2.45) is 4.99 Å². The van der Waals surface area contributed by atoms with Crippen molar-refractivity contribution in [2.75, 3.05) is 33.7 Å². The van der Waals surface area contributed by atoms with E-state index < -0.39 is 0 Å². The summed E-state index contributed by atoms with van der Waals surface area (Å²) in [5.74, 6) is 3.32. The minimum Gasteiger partial charge on any atom is -0.357 e.